The van der Waals surface area contributed by atoms with Gasteiger partial charge in [0.15, 0.2) is 6.61 Å². The van der Waals surface area contributed by atoms with Crippen LogP contribution >= 0.6 is 15.9 Å². The Kier molecular flexibility index (Phi) is 4.29. The summed E-state index contributed by atoms with van der Waals surface area (Å²) in [6.07, 6.45) is 0.784. The van der Waals surface area contributed by atoms with E-state index >= 15 is 0 Å². The molecule has 0 saturated heterocycles. The second-order valence-corrected chi connectivity index (χ2v) is 5.40. The highest BCUT2D eigenvalue weighted by Crippen LogP contribution is 2.21. The first kappa shape index (κ1) is 14.5. The highest BCUT2D eigenvalue weighted by Gasteiger charge is 2.09. The minimum absolute atomic E-state index is 0.171. The lowest BCUT2D eigenvalue weighted by Gasteiger charge is -2.02. The molecule has 22 heavy (non-hydrogen) atoms. The summed E-state index contributed by atoms with van der Waals surface area (Å²) in [5, 5.41) is 7.95. The van der Waals surface area contributed by atoms with Crippen LogP contribution in [0.15, 0.2) is 57.4 Å². The van der Waals surface area contributed by atoms with Crippen molar-refractivity contribution in [2.75, 3.05) is 0 Å². The molecule has 0 spiro atoms. The van der Waals surface area contributed by atoms with Crippen molar-refractivity contribution in [3.8, 4) is 17.2 Å². The Morgan fingerprint density at radius 3 is 2.45 bits per heavy atom. The van der Waals surface area contributed by atoms with Crippen LogP contribution in [0.25, 0.3) is 11.5 Å². The standard InChI is InChI=1S/C16H11BrN2O3/c17-13-5-3-12(4-6-13)16-19-18-15(22-16)10-21-14-7-1-11(9-20)2-8-14/h1-9H,10H2. The maximum Gasteiger partial charge on any atom is 0.254 e. The van der Waals surface area contributed by atoms with E-state index in [0.29, 0.717) is 23.1 Å². The number of halogens is 1. The Hall–Kier alpha value is -2.47. The van der Waals surface area contributed by atoms with Gasteiger partial charge in [-0.25, -0.2) is 0 Å². The average Bonchev–Trinajstić information content (AvgIpc) is 3.03. The number of benzene rings is 2. The summed E-state index contributed by atoms with van der Waals surface area (Å²) in [5.41, 5.74) is 1.44. The molecule has 5 nitrogen and oxygen atoms in total. The molecule has 110 valence electrons. The van der Waals surface area contributed by atoms with E-state index in [1.54, 1.807) is 24.3 Å². The minimum atomic E-state index is 0.171. The molecule has 3 rings (SSSR count). The van der Waals surface area contributed by atoms with Crippen molar-refractivity contribution in [3.05, 3.63) is 64.5 Å². The van der Waals surface area contributed by atoms with Crippen molar-refractivity contribution in [2.45, 2.75) is 6.61 Å². The van der Waals surface area contributed by atoms with Crippen LogP contribution in [-0.4, -0.2) is 16.5 Å². The number of carbonyl (C=O) groups excluding carboxylic acids is 1. The second kappa shape index (κ2) is 6.53. The number of carbonyl (C=O) groups is 1. The molecule has 0 radical (unpaired) electrons. The van der Waals surface area contributed by atoms with Crippen LogP contribution in [0.5, 0.6) is 5.75 Å². The lowest BCUT2D eigenvalue weighted by Crippen LogP contribution is -1.95. The molecule has 0 bridgehead atoms. The van der Waals surface area contributed by atoms with Gasteiger partial charge in [-0.1, -0.05) is 15.9 Å². The number of ether oxygens (including phenoxy) is 1. The van der Waals surface area contributed by atoms with E-state index in [9.17, 15) is 4.79 Å². The summed E-state index contributed by atoms with van der Waals surface area (Å²) >= 11 is 3.38. The predicted octanol–water partition coefficient (Wildman–Crippen LogP) is 3.89. The minimum Gasteiger partial charge on any atom is -0.484 e. The summed E-state index contributed by atoms with van der Waals surface area (Å²) in [6.45, 7) is 0.171. The zero-order chi connectivity index (χ0) is 15.4. The van der Waals surface area contributed by atoms with Gasteiger partial charge in [-0.2, -0.15) is 0 Å². The van der Waals surface area contributed by atoms with Gasteiger partial charge in [0.25, 0.3) is 5.89 Å². The number of aldehydes is 1. The average molecular weight is 359 g/mol. The Morgan fingerprint density at radius 2 is 1.77 bits per heavy atom. The van der Waals surface area contributed by atoms with Gasteiger partial charge < -0.3 is 9.15 Å². The third-order valence-corrected chi connectivity index (χ3v) is 3.47. The third-order valence-electron chi connectivity index (χ3n) is 2.94. The van der Waals surface area contributed by atoms with Gasteiger partial charge in [-0.3, -0.25) is 4.79 Å². The zero-order valence-electron chi connectivity index (χ0n) is 11.4. The zero-order valence-corrected chi connectivity index (χ0v) is 13.0. The van der Waals surface area contributed by atoms with E-state index in [1.165, 1.54) is 0 Å². The van der Waals surface area contributed by atoms with Gasteiger partial charge in [0.05, 0.1) is 0 Å². The van der Waals surface area contributed by atoms with Crippen LogP contribution < -0.4 is 4.74 Å². The Bertz CT molecular complexity index is 767. The Balaban J connectivity index is 1.66. The molecule has 1 heterocycles. The summed E-state index contributed by atoms with van der Waals surface area (Å²) < 4.78 is 12.1. The molecule has 0 N–H and O–H groups in total. The molecule has 6 heteroatoms. The molecule has 0 aliphatic rings. The lowest BCUT2D eigenvalue weighted by atomic mass is 10.2. The fourth-order valence-corrected chi connectivity index (χ4v) is 2.07. The van der Waals surface area contributed by atoms with E-state index in [0.717, 1.165) is 16.3 Å². The van der Waals surface area contributed by atoms with Gasteiger partial charge in [0.1, 0.15) is 12.0 Å². The number of rotatable bonds is 5. The van der Waals surface area contributed by atoms with Crippen LogP contribution in [0.2, 0.25) is 0 Å². The molecular weight excluding hydrogens is 348 g/mol. The highest BCUT2D eigenvalue weighted by molar-refractivity contribution is 9.10. The van der Waals surface area contributed by atoms with Crippen molar-refractivity contribution in [1.82, 2.24) is 10.2 Å². The van der Waals surface area contributed by atoms with Crippen molar-refractivity contribution >= 4 is 22.2 Å². The Labute approximate surface area is 135 Å². The van der Waals surface area contributed by atoms with Gasteiger partial charge in [0, 0.05) is 15.6 Å². The van der Waals surface area contributed by atoms with Crippen molar-refractivity contribution in [2.24, 2.45) is 0 Å². The van der Waals surface area contributed by atoms with E-state index in [-0.39, 0.29) is 6.61 Å². The largest absolute Gasteiger partial charge is 0.484 e. The van der Waals surface area contributed by atoms with E-state index in [1.807, 2.05) is 24.3 Å². The van der Waals surface area contributed by atoms with Crippen LogP contribution in [0.4, 0.5) is 0 Å². The predicted molar refractivity (Wildman–Crippen MR) is 83.6 cm³/mol. The molecule has 0 saturated carbocycles. The molecule has 2 aromatic carbocycles. The molecule has 0 atom stereocenters. The van der Waals surface area contributed by atoms with Crippen LogP contribution in [-0.2, 0) is 6.61 Å². The smallest absolute Gasteiger partial charge is 0.254 e. The fourth-order valence-electron chi connectivity index (χ4n) is 1.81. The maximum absolute atomic E-state index is 10.6. The number of nitrogens with zero attached hydrogens (tertiary/aromatic N) is 2. The van der Waals surface area contributed by atoms with E-state index < -0.39 is 0 Å². The third kappa shape index (κ3) is 3.40. The molecule has 0 amide bonds. The van der Waals surface area contributed by atoms with Gasteiger partial charge in [-0.15, -0.1) is 10.2 Å². The molecule has 0 aliphatic carbocycles. The summed E-state index contributed by atoms with van der Waals surface area (Å²) in [7, 11) is 0. The highest BCUT2D eigenvalue weighted by atomic mass is 79.9. The van der Waals surface area contributed by atoms with Gasteiger partial charge in [-0.05, 0) is 48.5 Å². The first-order valence-electron chi connectivity index (χ1n) is 6.51. The molecule has 3 aromatic rings. The Morgan fingerprint density at radius 1 is 1.05 bits per heavy atom. The first-order chi connectivity index (χ1) is 10.7. The number of hydrogen-bond acceptors (Lipinski definition) is 5. The van der Waals surface area contributed by atoms with Crippen LogP contribution in [0, 0.1) is 0 Å². The number of hydrogen-bond donors (Lipinski definition) is 0. The van der Waals surface area contributed by atoms with Crippen LogP contribution in [0.3, 0.4) is 0 Å². The van der Waals surface area contributed by atoms with Gasteiger partial charge in [0.2, 0.25) is 5.89 Å². The number of aromatic nitrogens is 2. The maximum atomic E-state index is 10.6. The summed E-state index contributed by atoms with van der Waals surface area (Å²) in [4.78, 5) is 10.6. The monoisotopic (exact) mass is 358 g/mol. The topological polar surface area (TPSA) is 65.2 Å². The SMILES string of the molecule is O=Cc1ccc(OCc2nnc(-c3ccc(Br)cc3)o2)cc1. The van der Waals surface area contributed by atoms with Crippen molar-refractivity contribution < 1.29 is 13.9 Å². The molecule has 1 aromatic heterocycles. The molecule has 0 unspecified atom stereocenters. The quantitative estimate of drug-likeness (QED) is 0.647. The molecular formula is C16H11BrN2O3. The fraction of sp³-hybridized carbons (Fsp3) is 0.0625. The lowest BCUT2D eigenvalue weighted by molar-refractivity contribution is 0.112. The second-order valence-electron chi connectivity index (χ2n) is 4.48. The van der Waals surface area contributed by atoms with Crippen molar-refractivity contribution in [1.29, 1.82) is 0 Å². The van der Waals surface area contributed by atoms with Crippen molar-refractivity contribution in [3.63, 3.8) is 0 Å². The van der Waals surface area contributed by atoms with E-state index in [2.05, 4.69) is 26.1 Å². The van der Waals surface area contributed by atoms with Gasteiger partial charge >= 0.3 is 0 Å². The van der Waals surface area contributed by atoms with E-state index in [4.69, 9.17) is 9.15 Å². The summed E-state index contributed by atoms with van der Waals surface area (Å²) in [5.74, 6) is 1.47. The molecule has 0 aliphatic heterocycles. The first-order valence-corrected chi connectivity index (χ1v) is 7.30. The normalized spacial score (nSPS) is 10.4. The van der Waals surface area contributed by atoms with Crippen LogP contribution in [0.1, 0.15) is 16.2 Å². The summed E-state index contributed by atoms with van der Waals surface area (Å²) in [6, 6.07) is 14.4. The molecule has 0 fully saturated rings.